The molecule has 2 aliphatic heterocycles. The summed E-state index contributed by atoms with van der Waals surface area (Å²) >= 11 is 0. The number of nitrogens with one attached hydrogen (secondary N) is 1. The Morgan fingerprint density at radius 1 is 1.29 bits per heavy atom. The highest BCUT2D eigenvalue weighted by molar-refractivity contribution is 5.83. The quantitative estimate of drug-likeness (QED) is 0.783. The second-order valence-corrected chi connectivity index (χ2v) is 5.69. The Morgan fingerprint density at radius 2 is 2.00 bits per heavy atom. The summed E-state index contributed by atoms with van der Waals surface area (Å²) in [5, 5.41) is 12.1. The Hall–Kier alpha value is -1.34. The number of urea groups is 1. The molecule has 0 aliphatic carbocycles. The summed E-state index contributed by atoms with van der Waals surface area (Å²) in [4.78, 5) is 27.2. The van der Waals surface area contributed by atoms with Crippen LogP contribution in [0, 0.1) is 0 Å². The van der Waals surface area contributed by atoms with Crippen LogP contribution in [0.25, 0.3) is 0 Å². The van der Waals surface area contributed by atoms with Crippen molar-refractivity contribution in [3.05, 3.63) is 0 Å². The van der Waals surface area contributed by atoms with E-state index in [1.165, 1.54) is 4.90 Å². The summed E-state index contributed by atoms with van der Waals surface area (Å²) in [5.41, 5.74) is 0. The fourth-order valence-electron chi connectivity index (χ4n) is 2.93. The maximum atomic E-state index is 12.3. The lowest BCUT2D eigenvalue weighted by Crippen LogP contribution is -2.58. The summed E-state index contributed by atoms with van der Waals surface area (Å²) in [6.45, 7) is 6.04. The highest BCUT2D eigenvalue weighted by Crippen LogP contribution is 2.13. The van der Waals surface area contributed by atoms with Gasteiger partial charge >= 0.3 is 12.0 Å². The highest BCUT2D eigenvalue weighted by Gasteiger charge is 2.33. The molecular weight excluding hydrogens is 274 g/mol. The summed E-state index contributed by atoms with van der Waals surface area (Å²) in [5.74, 6) is -1.01. The molecule has 2 N–H and O–H groups in total. The zero-order valence-electron chi connectivity index (χ0n) is 12.6. The Kier molecular flexibility index (Phi) is 5.81. The molecule has 7 heteroatoms. The van der Waals surface area contributed by atoms with Crippen molar-refractivity contribution >= 4 is 12.0 Å². The zero-order chi connectivity index (χ0) is 15.2. The Labute approximate surface area is 125 Å². The molecule has 1 atom stereocenters. The number of carbonyl (C=O) groups is 2. The molecule has 1 unspecified atom stereocenters. The summed E-state index contributed by atoms with van der Waals surface area (Å²) in [6.07, 6.45) is 2.99. The van der Waals surface area contributed by atoms with Crippen molar-refractivity contribution in [2.24, 2.45) is 0 Å². The number of aliphatic carboxylic acids is 1. The average molecular weight is 299 g/mol. The van der Waals surface area contributed by atoms with Gasteiger partial charge in [0.1, 0.15) is 0 Å². The topological polar surface area (TPSA) is 82.1 Å². The Balaban J connectivity index is 1.82. The minimum atomic E-state index is -1.01. The second kappa shape index (κ2) is 7.61. The first-order valence-electron chi connectivity index (χ1n) is 7.72. The molecule has 2 saturated heterocycles. The lowest BCUT2D eigenvalue weighted by Gasteiger charge is -2.36. The smallest absolute Gasteiger partial charge is 0.328 e. The minimum absolute atomic E-state index is 0.0672. The molecule has 21 heavy (non-hydrogen) atoms. The van der Waals surface area contributed by atoms with Gasteiger partial charge in [-0.3, -0.25) is 0 Å². The molecule has 0 aromatic heterocycles. The van der Waals surface area contributed by atoms with Crippen molar-refractivity contribution in [2.75, 3.05) is 39.4 Å². The highest BCUT2D eigenvalue weighted by atomic mass is 16.5. The van der Waals surface area contributed by atoms with Gasteiger partial charge in [-0.15, -0.1) is 0 Å². The molecule has 0 saturated carbocycles. The van der Waals surface area contributed by atoms with Crippen LogP contribution in [-0.4, -0.2) is 78.4 Å². The van der Waals surface area contributed by atoms with Crippen LogP contribution in [0.4, 0.5) is 4.79 Å². The van der Waals surface area contributed by atoms with E-state index >= 15 is 0 Å². The molecule has 0 spiro atoms. The lowest BCUT2D eigenvalue weighted by molar-refractivity contribution is -0.147. The van der Waals surface area contributed by atoms with Crippen LogP contribution in [0.5, 0.6) is 0 Å². The number of piperidine rings is 1. The fourth-order valence-corrected chi connectivity index (χ4v) is 2.93. The van der Waals surface area contributed by atoms with Crippen molar-refractivity contribution in [1.82, 2.24) is 15.1 Å². The number of amides is 2. The van der Waals surface area contributed by atoms with E-state index in [0.29, 0.717) is 13.2 Å². The number of nitrogens with zero attached hydrogens (tertiary/aromatic N) is 2. The number of carboxylic acids is 1. The normalized spacial score (nSPS) is 24.8. The molecule has 0 bridgehead atoms. The summed E-state index contributed by atoms with van der Waals surface area (Å²) in [7, 11) is 0. The van der Waals surface area contributed by atoms with Gasteiger partial charge in [0.15, 0.2) is 6.04 Å². The van der Waals surface area contributed by atoms with E-state index in [4.69, 9.17) is 9.84 Å². The van der Waals surface area contributed by atoms with Crippen LogP contribution >= 0.6 is 0 Å². The van der Waals surface area contributed by atoms with Gasteiger partial charge < -0.3 is 25.0 Å². The van der Waals surface area contributed by atoms with Gasteiger partial charge in [-0.25, -0.2) is 9.59 Å². The number of rotatable bonds is 4. The standard InChI is InChI=1S/C14H25N3O4/c1-2-5-16-6-3-11(4-7-16)15-14(20)17-8-9-21-10-12(17)13(18)19/h11-12H,2-10H2,1H3,(H,15,20)(H,18,19). The van der Waals surface area contributed by atoms with Gasteiger partial charge in [0.05, 0.1) is 13.2 Å². The van der Waals surface area contributed by atoms with Crippen molar-refractivity contribution in [3.8, 4) is 0 Å². The molecule has 7 nitrogen and oxygen atoms in total. The van der Waals surface area contributed by atoms with Gasteiger partial charge in [0, 0.05) is 25.7 Å². The number of carboxylic acid groups (broad SMARTS) is 1. The molecule has 2 rings (SSSR count). The Bertz CT molecular complexity index is 369. The number of hydrogen-bond donors (Lipinski definition) is 2. The van der Waals surface area contributed by atoms with Gasteiger partial charge in [-0.2, -0.15) is 0 Å². The van der Waals surface area contributed by atoms with E-state index in [1.807, 2.05) is 0 Å². The van der Waals surface area contributed by atoms with E-state index < -0.39 is 12.0 Å². The van der Waals surface area contributed by atoms with Crippen molar-refractivity contribution in [3.63, 3.8) is 0 Å². The predicted octanol–water partition coefficient (Wildman–Crippen LogP) is 0.356. The molecule has 2 aliphatic rings. The molecule has 120 valence electrons. The first-order valence-corrected chi connectivity index (χ1v) is 7.72. The number of likely N-dealkylation sites (tertiary alicyclic amines) is 1. The minimum Gasteiger partial charge on any atom is -0.480 e. The van der Waals surface area contributed by atoms with Crippen molar-refractivity contribution in [2.45, 2.75) is 38.3 Å². The zero-order valence-corrected chi connectivity index (χ0v) is 12.6. The predicted molar refractivity (Wildman–Crippen MR) is 77.2 cm³/mol. The number of ether oxygens (including phenoxy) is 1. The third-order valence-corrected chi connectivity index (χ3v) is 4.13. The molecular formula is C14H25N3O4. The third-order valence-electron chi connectivity index (χ3n) is 4.13. The van der Waals surface area contributed by atoms with Crippen LogP contribution in [0.3, 0.4) is 0 Å². The van der Waals surface area contributed by atoms with Crippen molar-refractivity contribution < 1.29 is 19.4 Å². The second-order valence-electron chi connectivity index (χ2n) is 5.69. The molecule has 0 aromatic carbocycles. The number of hydrogen-bond acceptors (Lipinski definition) is 4. The maximum Gasteiger partial charge on any atom is 0.328 e. The molecule has 2 amide bonds. The van der Waals surface area contributed by atoms with Crippen LogP contribution < -0.4 is 5.32 Å². The van der Waals surface area contributed by atoms with Gasteiger partial charge in [0.25, 0.3) is 0 Å². The largest absolute Gasteiger partial charge is 0.480 e. The van der Waals surface area contributed by atoms with Gasteiger partial charge in [0.2, 0.25) is 0 Å². The molecule has 0 aromatic rings. The van der Waals surface area contributed by atoms with E-state index in [-0.39, 0.29) is 18.7 Å². The van der Waals surface area contributed by atoms with Crippen LogP contribution in [-0.2, 0) is 9.53 Å². The average Bonchev–Trinajstić information content (AvgIpc) is 2.49. The SMILES string of the molecule is CCCN1CCC(NC(=O)N2CCOCC2C(=O)O)CC1. The van der Waals surface area contributed by atoms with Crippen LogP contribution in [0.2, 0.25) is 0 Å². The molecule has 2 fully saturated rings. The van der Waals surface area contributed by atoms with E-state index in [9.17, 15) is 9.59 Å². The fraction of sp³-hybridized carbons (Fsp3) is 0.857. The van der Waals surface area contributed by atoms with Crippen LogP contribution in [0.15, 0.2) is 0 Å². The van der Waals surface area contributed by atoms with Crippen LogP contribution in [0.1, 0.15) is 26.2 Å². The third kappa shape index (κ3) is 4.31. The van der Waals surface area contributed by atoms with Crippen molar-refractivity contribution in [1.29, 1.82) is 0 Å². The Morgan fingerprint density at radius 3 is 2.62 bits per heavy atom. The molecule has 2 heterocycles. The van der Waals surface area contributed by atoms with Gasteiger partial charge in [-0.05, 0) is 25.8 Å². The first kappa shape index (κ1) is 16.0. The van der Waals surface area contributed by atoms with E-state index in [0.717, 1.165) is 38.9 Å². The molecule has 0 radical (unpaired) electrons. The lowest BCUT2D eigenvalue weighted by atomic mass is 10.1. The maximum absolute atomic E-state index is 12.3. The monoisotopic (exact) mass is 299 g/mol. The number of carbonyl (C=O) groups excluding carboxylic acids is 1. The van der Waals surface area contributed by atoms with Gasteiger partial charge in [-0.1, -0.05) is 6.92 Å². The summed E-state index contributed by atoms with van der Waals surface area (Å²) < 4.78 is 5.15. The van der Waals surface area contributed by atoms with E-state index in [1.54, 1.807) is 0 Å². The first-order chi connectivity index (χ1) is 10.1. The summed E-state index contributed by atoms with van der Waals surface area (Å²) in [6, 6.07) is -1.01. The number of morpholine rings is 1. The van der Waals surface area contributed by atoms with E-state index in [2.05, 4.69) is 17.1 Å².